The SMILES string of the molecule is Cc1cccc(C(=O)N2CC(O)C2)c1C. The average molecular weight is 205 g/mol. The lowest BCUT2D eigenvalue weighted by molar-refractivity contribution is 0.00584. The Bertz CT molecular complexity index is 395. The first-order valence-electron chi connectivity index (χ1n) is 5.13. The number of aliphatic hydroxyl groups excluding tert-OH is 1. The molecule has 1 aliphatic heterocycles. The van der Waals surface area contributed by atoms with E-state index in [9.17, 15) is 4.79 Å². The lowest BCUT2D eigenvalue weighted by Crippen LogP contribution is -2.53. The van der Waals surface area contributed by atoms with Crippen molar-refractivity contribution in [3.8, 4) is 0 Å². The minimum absolute atomic E-state index is 0.0292. The molecule has 3 heteroatoms. The summed E-state index contributed by atoms with van der Waals surface area (Å²) in [5, 5.41) is 9.14. The lowest BCUT2D eigenvalue weighted by Gasteiger charge is -2.36. The van der Waals surface area contributed by atoms with Crippen LogP contribution >= 0.6 is 0 Å². The monoisotopic (exact) mass is 205 g/mol. The van der Waals surface area contributed by atoms with Crippen LogP contribution in [0.25, 0.3) is 0 Å². The molecule has 1 fully saturated rings. The zero-order valence-electron chi connectivity index (χ0n) is 9.03. The molecule has 0 aliphatic carbocycles. The number of nitrogens with zero attached hydrogens (tertiary/aromatic N) is 1. The highest BCUT2D eigenvalue weighted by Gasteiger charge is 2.30. The Kier molecular flexibility index (Phi) is 2.49. The summed E-state index contributed by atoms with van der Waals surface area (Å²) >= 11 is 0. The first kappa shape index (κ1) is 10.2. The zero-order valence-corrected chi connectivity index (χ0v) is 9.03. The maximum Gasteiger partial charge on any atom is 0.254 e. The first-order chi connectivity index (χ1) is 7.09. The maximum atomic E-state index is 12.0. The zero-order chi connectivity index (χ0) is 11.0. The van der Waals surface area contributed by atoms with E-state index in [1.165, 1.54) is 0 Å². The van der Waals surface area contributed by atoms with E-state index < -0.39 is 0 Å². The summed E-state index contributed by atoms with van der Waals surface area (Å²) in [6, 6.07) is 5.73. The van der Waals surface area contributed by atoms with E-state index >= 15 is 0 Å². The van der Waals surface area contributed by atoms with Crippen LogP contribution in [0.5, 0.6) is 0 Å². The van der Waals surface area contributed by atoms with Crippen molar-refractivity contribution in [3.63, 3.8) is 0 Å². The molecule has 0 spiro atoms. The Morgan fingerprint density at radius 1 is 1.40 bits per heavy atom. The average Bonchev–Trinajstić information content (AvgIpc) is 2.16. The third-order valence-corrected chi connectivity index (χ3v) is 2.98. The molecule has 0 unspecified atom stereocenters. The molecule has 1 aromatic carbocycles. The van der Waals surface area contributed by atoms with Gasteiger partial charge < -0.3 is 10.0 Å². The van der Waals surface area contributed by atoms with E-state index in [-0.39, 0.29) is 12.0 Å². The summed E-state index contributed by atoms with van der Waals surface area (Å²) in [7, 11) is 0. The van der Waals surface area contributed by atoms with Gasteiger partial charge in [-0.15, -0.1) is 0 Å². The molecule has 0 aromatic heterocycles. The summed E-state index contributed by atoms with van der Waals surface area (Å²) in [4.78, 5) is 13.6. The molecule has 1 amide bonds. The van der Waals surface area contributed by atoms with Crippen molar-refractivity contribution in [3.05, 3.63) is 34.9 Å². The smallest absolute Gasteiger partial charge is 0.254 e. The van der Waals surface area contributed by atoms with Crippen molar-refractivity contribution in [2.75, 3.05) is 13.1 Å². The number of hydrogen-bond donors (Lipinski definition) is 1. The number of carbonyl (C=O) groups is 1. The molecule has 1 aliphatic rings. The Hall–Kier alpha value is -1.35. The van der Waals surface area contributed by atoms with Crippen molar-refractivity contribution in [1.29, 1.82) is 0 Å². The summed E-state index contributed by atoms with van der Waals surface area (Å²) in [6.45, 7) is 4.88. The van der Waals surface area contributed by atoms with Crippen molar-refractivity contribution >= 4 is 5.91 Å². The van der Waals surface area contributed by atoms with Gasteiger partial charge in [-0.3, -0.25) is 4.79 Å². The van der Waals surface area contributed by atoms with Crippen molar-refractivity contribution in [2.24, 2.45) is 0 Å². The van der Waals surface area contributed by atoms with E-state index in [1.807, 2.05) is 32.0 Å². The highest BCUT2D eigenvalue weighted by molar-refractivity contribution is 5.96. The molecule has 0 bridgehead atoms. The molecule has 1 N–H and O–H groups in total. The second-order valence-electron chi connectivity index (χ2n) is 4.11. The molecular weight excluding hydrogens is 190 g/mol. The number of β-amino-alcohol motifs (C(OH)–C–C–N with tert-alkyl or cyclic N) is 1. The fourth-order valence-electron chi connectivity index (χ4n) is 1.77. The molecule has 15 heavy (non-hydrogen) atoms. The van der Waals surface area contributed by atoms with Crippen molar-refractivity contribution in [1.82, 2.24) is 4.90 Å². The molecule has 3 nitrogen and oxygen atoms in total. The molecule has 1 saturated heterocycles. The summed E-state index contributed by atoms with van der Waals surface area (Å²) in [6.07, 6.45) is -0.334. The van der Waals surface area contributed by atoms with Crippen molar-refractivity contribution in [2.45, 2.75) is 20.0 Å². The molecule has 0 radical (unpaired) electrons. The number of carbonyl (C=O) groups excluding carboxylic acids is 1. The van der Waals surface area contributed by atoms with Gasteiger partial charge in [0.25, 0.3) is 5.91 Å². The van der Waals surface area contributed by atoms with Crippen LogP contribution in [0, 0.1) is 13.8 Å². The van der Waals surface area contributed by atoms with Gasteiger partial charge in [-0.2, -0.15) is 0 Å². The van der Waals surface area contributed by atoms with Gasteiger partial charge in [0.15, 0.2) is 0 Å². The molecule has 2 rings (SSSR count). The highest BCUT2D eigenvalue weighted by Crippen LogP contribution is 2.18. The fourth-order valence-corrected chi connectivity index (χ4v) is 1.77. The van der Waals surface area contributed by atoms with E-state index in [0.29, 0.717) is 13.1 Å². The largest absolute Gasteiger partial charge is 0.389 e. The van der Waals surface area contributed by atoms with E-state index in [1.54, 1.807) is 4.90 Å². The highest BCUT2D eigenvalue weighted by atomic mass is 16.3. The van der Waals surface area contributed by atoms with Crippen LogP contribution in [0.15, 0.2) is 18.2 Å². The lowest BCUT2D eigenvalue weighted by atomic mass is 10.0. The van der Waals surface area contributed by atoms with Gasteiger partial charge in [0.05, 0.1) is 6.10 Å². The minimum Gasteiger partial charge on any atom is -0.389 e. The van der Waals surface area contributed by atoms with Gasteiger partial charge in [0.1, 0.15) is 0 Å². The predicted molar refractivity (Wildman–Crippen MR) is 57.8 cm³/mol. The quantitative estimate of drug-likeness (QED) is 0.746. The topological polar surface area (TPSA) is 40.5 Å². The van der Waals surface area contributed by atoms with Crippen molar-refractivity contribution < 1.29 is 9.90 Å². The van der Waals surface area contributed by atoms with E-state index in [2.05, 4.69) is 0 Å². The van der Waals surface area contributed by atoms with Crippen LogP contribution in [0.1, 0.15) is 21.5 Å². The Morgan fingerprint density at radius 3 is 2.67 bits per heavy atom. The van der Waals surface area contributed by atoms with Crippen LogP contribution < -0.4 is 0 Å². The van der Waals surface area contributed by atoms with E-state index in [4.69, 9.17) is 5.11 Å². The Labute approximate surface area is 89.3 Å². The van der Waals surface area contributed by atoms with Crippen LogP contribution in [0.3, 0.4) is 0 Å². The number of rotatable bonds is 1. The first-order valence-corrected chi connectivity index (χ1v) is 5.13. The molecular formula is C12H15NO2. The van der Waals surface area contributed by atoms with Gasteiger partial charge in [0, 0.05) is 18.7 Å². The van der Waals surface area contributed by atoms with Gasteiger partial charge in [0.2, 0.25) is 0 Å². The molecule has 80 valence electrons. The summed E-state index contributed by atoms with van der Waals surface area (Å²) in [5.41, 5.74) is 2.91. The van der Waals surface area contributed by atoms with Crippen LogP contribution in [0.4, 0.5) is 0 Å². The third-order valence-electron chi connectivity index (χ3n) is 2.98. The van der Waals surface area contributed by atoms with Crippen LogP contribution in [-0.4, -0.2) is 35.1 Å². The number of benzene rings is 1. The Morgan fingerprint density at radius 2 is 2.07 bits per heavy atom. The normalized spacial score (nSPS) is 16.3. The number of likely N-dealkylation sites (tertiary alicyclic amines) is 1. The predicted octanol–water partition coefficient (Wildman–Crippen LogP) is 1.12. The van der Waals surface area contributed by atoms with Crippen LogP contribution in [0.2, 0.25) is 0 Å². The maximum absolute atomic E-state index is 12.0. The molecule has 1 heterocycles. The fraction of sp³-hybridized carbons (Fsp3) is 0.417. The summed E-state index contributed by atoms with van der Waals surface area (Å²) in [5.74, 6) is 0.0292. The molecule has 1 aromatic rings. The van der Waals surface area contributed by atoms with Gasteiger partial charge in [-0.1, -0.05) is 12.1 Å². The number of aliphatic hydroxyl groups is 1. The summed E-state index contributed by atoms with van der Waals surface area (Å²) < 4.78 is 0. The van der Waals surface area contributed by atoms with Gasteiger partial charge >= 0.3 is 0 Å². The van der Waals surface area contributed by atoms with E-state index in [0.717, 1.165) is 16.7 Å². The van der Waals surface area contributed by atoms with Gasteiger partial charge in [-0.25, -0.2) is 0 Å². The number of aryl methyl sites for hydroxylation is 1. The minimum atomic E-state index is -0.334. The Balaban J connectivity index is 2.22. The second-order valence-corrected chi connectivity index (χ2v) is 4.11. The molecule has 0 saturated carbocycles. The number of amides is 1. The van der Waals surface area contributed by atoms with Crippen LogP contribution in [-0.2, 0) is 0 Å². The molecule has 0 atom stereocenters. The standard InChI is InChI=1S/C12H15NO2/c1-8-4-3-5-11(9(8)2)12(15)13-6-10(14)7-13/h3-5,10,14H,6-7H2,1-2H3. The second kappa shape index (κ2) is 3.66. The number of hydrogen-bond acceptors (Lipinski definition) is 2. The van der Waals surface area contributed by atoms with Gasteiger partial charge in [-0.05, 0) is 31.0 Å². The third kappa shape index (κ3) is 1.75.